The lowest BCUT2D eigenvalue weighted by Gasteiger charge is -2.13. The smallest absolute Gasteiger partial charge is 0.138 e. The Kier molecular flexibility index (Phi) is 4.66. The van der Waals surface area contributed by atoms with E-state index in [0.717, 1.165) is 33.8 Å². The van der Waals surface area contributed by atoms with E-state index >= 15 is 0 Å². The third kappa shape index (κ3) is 3.13. The highest BCUT2D eigenvalue weighted by Gasteiger charge is 2.10. The van der Waals surface area contributed by atoms with Crippen molar-refractivity contribution >= 4 is 39.0 Å². The number of benzene rings is 1. The maximum absolute atomic E-state index is 6.15. The normalized spacial score (nSPS) is 10.7. The molecule has 0 atom stereocenters. The minimum absolute atomic E-state index is 0.505. The molecule has 0 fully saturated rings. The number of aryl methyl sites for hydroxylation is 3. The van der Waals surface area contributed by atoms with E-state index < -0.39 is 0 Å². The number of hydrogen-bond donors (Lipinski definition) is 1. The molecule has 2 rings (SSSR count). The van der Waals surface area contributed by atoms with Crippen LogP contribution in [0.4, 0.5) is 11.5 Å². The van der Waals surface area contributed by atoms with E-state index in [1.165, 1.54) is 11.1 Å². The minimum Gasteiger partial charge on any atom is -0.340 e. The zero-order valence-electron chi connectivity index (χ0n) is 12.0. The zero-order chi connectivity index (χ0) is 14.9. The van der Waals surface area contributed by atoms with Crippen molar-refractivity contribution in [3.63, 3.8) is 0 Å². The van der Waals surface area contributed by atoms with E-state index in [9.17, 15) is 0 Å². The summed E-state index contributed by atoms with van der Waals surface area (Å²) in [7, 11) is 0. The Labute approximate surface area is 132 Å². The van der Waals surface area contributed by atoms with Gasteiger partial charge in [0.05, 0.1) is 0 Å². The van der Waals surface area contributed by atoms with Gasteiger partial charge < -0.3 is 5.32 Å². The molecule has 0 aliphatic carbocycles. The van der Waals surface area contributed by atoms with Crippen molar-refractivity contribution in [2.75, 3.05) is 5.32 Å². The third-order valence-corrected chi connectivity index (χ3v) is 4.77. The molecule has 0 aliphatic rings. The van der Waals surface area contributed by atoms with Crippen LogP contribution < -0.4 is 5.32 Å². The Morgan fingerprint density at radius 2 is 1.75 bits per heavy atom. The van der Waals surface area contributed by atoms with Crippen LogP contribution in [0.5, 0.6) is 0 Å². The molecule has 0 unspecified atom stereocenters. The van der Waals surface area contributed by atoms with Gasteiger partial charge in [0.2, 0.25) is 0 Å². The molecule has 1 N–H and O–H groups in total. The van der Waals surface area contributed by atoms with Crippen LogP contribution in [0.1, 0.15) is 29.4 Å². The molecule has 5 heteroatoms. The number of anilines is 2. The van der Waals surface area contributed by atoms with Crippen molar-refractivity contribution < 1.29 is 0 Å². The van der Waals surface area contributed by atoms with Gasteiger partial charge in [-0.15, -0.1) is 0 Å². The Morgan fingerprint density at radius 3 is 2.30 bits per heavy atom. The lowest BCUT2D eigenvalue weighted by molar-refractivity contribution is 0.934. The molecule has 0 bridgehead atoms. The number of aromatic nitrogens is 2. The second-order valence-electron chi connectivity index (χ2n) is 4.81. The van der Waals surface area contributed by atoms with Gasteiger partial charge in [0, 0.05) is 22.1 Å². The highest BCUT2D eigenvalue weighted by molar-refractivity contribution is 9.10. The van der Waals surface area contributed by atoms with Gasteiger partial charge in [-0.1, -0.05) is 34.5 Å². The summed E-state index contributed by atoms with van der Waals surface area (Å²) >= 11 is 9.73. The Morgan fingerprint density at radius 1 is 1.15 bits per heavy atom. The molecule has 2 aromatic rings. The highest BCUT2D eigenvalue weighted by Crippen LogP contribution is 2.28. The highest BCUT2D eigenvalue weighted by atomic mass is 79.9. The summed E-state index contributed by atoms with van der Waals surface area (Å²) in [5.41, 5.74) is 4.23. The number of nitrogens with one attached hydrogen (secondary N) is 1. The van der Waals surface area contributed by atoms with Gasteiger partial charge in [-0.05, 0) is 44.0 Å². The summed E-state index contributed by atoms with van der Waals surface area (Å²) in [6, 6.07) is 4.16. The van der Waals surface area contributed by atoms with Crippen LogP contribution in [0.3, 0.4) is 0 Å². The van der Waals surface area contributed by atoms with Crippen molar-refractivity contribution in [1.29, 1.82) is 0 Å². The summed E-state index contributed by atoms with van der Waals surface area (Å²) in [5.74, 6) is 1.51. The van der Waals surface area contributed by atoms with Crippen LogP contribution in [0, 0.1) is 20.8 Å². The van der Waals surface area contributed by atoms with E-state index in [2.05, 4.69) is 57.2 Å². The Balaban J connectivity index is 2.42. The zero-order valence-corrected chi connectivity index (χ0v) is 14.4. The lowest BCUT2D eigenvalue weighted by atomic mass is 10.1. The van der Waals surface area contributed by atoms with Gasteiger partial charge in [-0.25, -0.2) is 9.97 Å². The summed E-state index contributed by atoms with van der Waals surface area (Å²) in [4.78, 5) is 8.76. The number of halogens is 2. The fourth-order valence-electron chi connectivity index (χ4n) is 1.97. The fourth-order valence-corrected chi connectivity index (χ4v) is 2.38. The fraction of sp³-hybridized carbons (Fsp3) is 0.333. The molecule has 0 saturated heterocycles. The van der Waals surface area contributed by atoms with Crippen LogP contribution >= 0.6 is 27.5 Å². The first kappa shape index (κ1) is 15.3. The number of hydrogen-bond acceptors (Lipinski definition) is 3. The van der Waals surface area contributed by atoms with E-state index in [4.69, 9.17) is 11.6 Å². The van der Waals surface area contributed by atoms with Gasteiger partial charge in [-0.3, -0.25) is 0 Å². The van der Waals surface area contributed by atoms with Crippen LogP contribution in [0.15, 0.2) is 16.6 Å². The predicted molar refractivity (Wildman–Crippen MR) is 88.1 cm³/mol. The summed E-state index contributed by atoms with van der Waals surface area (Å²) in [6.07, 6.45) is 0.757. The number of nitrogens with zero attached hydrogens (tertiary/aromatic N) is 2. The van der Waals surface area contributed by atoms with Gasteiger partial charge >= 0.3 is 0 Å². The molecule has 1 aromatic carbocycles. The molecular weight excluding hydrogens is 338 g/mol. The van der Waals surface area contributed by atoms with Crippen molar-refractivity contribution in [3.05, 3.63) is 44.3 Å². The van der Waals surface area contributed by atoms with Gasteiger partial charge in [0.1, 0.15) is 16.8 Å². The largest absolute Gasteiger partial charge is 0.340 e. The van der Waals surface area contributed by atoms with Crippen LogP contribution in [0.2, 0.25) is 5.15 Å². The average molecular weight is 355 g/mol. The van der Waals surface area contributed by atoms with Gasteiger partial charge in [0.25, 0.3) is 0 Å². The molecule has 0 spiro atoms. The summed E-state index contributed by atoms with van der Waals surface area (Å²) < 4.78 is 1.13. The maximum atomic E-state index is 6.15. The van der Waals surface area contributed by atoms with Gasteiger partial charge in [-0.2, -0.15) is 0 Å². The van der Waals surface area contributed by atoms with Crippen LogP contribution in [-0.4, -0.2) is 9.97 Å². The second kappa shape index (κ2) is 6.10. The minimum atomic E-state index is 0.505. The van der Waals surface area contributed by atoms with E-state index in [-0.39, 0.29) is 0 Å². The van der Waals surface area contributed by atoms with Crippen LogP contribution in [-0.2, 0) is 6.42 Å². The average Bonchev–Trinajstić information content (AvgIpc) is 2.40. The Bertz CT molecular complexity index is 633. The van der Waals surface area contributed by atoms with Crippen LogP contribution in [0.25, 0.3) is 0 Å². The third-order valence-electron chi connectivity index (χ3n) is 3.15. The lowest BCUT2D eigenvalue weighted by Crippen LogP contribution is -2.03. The molecule has 1 heterocycles. The quantitative estimate of drug-likeness (QED) is 0.777. The predicted octanol–water partition coefficient (Wildman–Crippen LogP) is 5.12. The maximum Gasteiger partial charge on any atom is 0.138 e. The molecule has 0 radical (unpaired) electrons. The number of rotatable bonds is 3. The molecule has 0 amide bonds. The molecular formula is C15H17BrClN3. The van der Waals surface area contributed by atoms with Crippen molar-refractivity contribution in [2.45, 2.75) is 34.1 Å². The first-order chi connectivity index (χ1) is 9.42. The van der Waals surface area contributed by atoms with Gasteiger partial charge in [0.15, 0.2) is 0 Å². The van der Waals surface area contributed by atoms with E-state index in [1.54, 1.807) is 0 Å². The van der Waals surface area contributed by atoms with Crippen molar-refractivity contribution in [3.8, 4) is 0 Å². The second-order valence-corrected chi connectivity index (χ2v) is 5.96. The molecule has 3 nitrogen and oxygen atoms in total. The monoisotopic (exact) mass is 353 g/mol. The molecule has 20 heavy (non-hydrogen) atoms. The molecule has 0 aliphatic heterocycles. The molecule has 0 saturated carbocycles. The standard InChI is InChI=1S/C15H17BrClN3/c1-5-12-19-14(17)10(4)15(20-12)18-11-6-8(2)13(16)9(3)7-11/h6-7H,5H2,1-4H3,(H,18,19,20). The van der Waals surface area contributed by atoms with Crippen molar-refractivity contribution in [2.24, 2.45) is 0 Å². The Hall–Kier alpha value is -1.13. The summed E-state index contributed by atoms with van der Waals surface area (Å²) in [6.45, 7) is 8.07. The van der Waals surface area contributed by atoms with E-state index in [1.807, 2.05) is 13.8 Å². The molecule has 106 valence electrons. The van der Waals surface area contributed by atoms with Crippen molar-refractivity contribution in [1.82, 2.24) is 9.97 Å². The first-order valence-electron chi connectivity index (χ1n) is 6.49. The van der Waals surface area contributed by atoms with E-state index in [0.29, 0.717) is 5.15 Å². The topological polar surface area (TPSA) is 37.8 Å². The first-order valence-corrected chi connectivity index (χ1v) is 7.66. The SMILES string of the molecule is CCc1nc(Cl)c(C)c(Nc2cc(C)c(Br)c(C)c2)n1. The molecule has 1 aromatic heterocycles. The summed E-state index contributed by atoms with van der Waals surface area (Å²) in [5, 5.41) is 3.84.